The summed E-state index contributed by atoms with van der Waals surface area (Å²) in [7, 11) is 1.85. The zero-order valence-corrected chi connectivity index (χ0v) is 11.7. The average molecular weight is 262 g/mol. The minimum Gasteiger partial charge on any atom is -0.384 e. The van der Waals surface area contributed by atoms with Crippen LogP contribution >= 0.6 is 0 Å². The lowest BCUT2D eigenvalue weighted by Gasteiger charge is -2.28. The van der Waals surface area contributed by atoms with E-state index in [0.717, 1.165) is 18.7 Å². The maximum Gasteiger partial charge on any atom is 0.227 e. The number of anilines is 1. The Kier molecular flexibility index (Phi) is 4.80. The second-order valence-electron chi connectivity index (χ2n) is 4.90. The van der Waals surface area contributed by atoms with Gasteiger partial charge in [0, 0.05) is 32.4 Å². The summed E-state index contributed by atoms with van der Waals surface area (Å²) in [6.45, 7) is 4.64. The number of likely N-dealkylation sites (N-methyl/N-ethyl adjacent to an activating group) is 1. The van der Waals surface area contributed by atoms with Crippen molar-refractivity contribution in [3.8, 4) is 0 Å². The standard InChI is InChI=1S/C15H22N2O2/c1-3-19-9-8-17(2)15(18)13-10-12-6-4-5-7-14(12)16-11-13/h4-7,13,16H,3,8-11H2,1-2H3. The van der Waals surface area contributed by atoms with Gasteiger partial charge in [-0.25, -0.2) is 0 Å². The van der Waals surface area contributed by atoms with Crippen molar-refractivity contribution in [3.63, 3.8) is 0 Å². The summed E-state index contributed by atoms with van der Waals surface area (Å²) in [5.41, 5.74) is 2.38. The van der Waals surface area contributed by atoms with Gasteiger partial charge in [-0.2, -0.15) is 0 Å². The van der Waals surface area contributed by atoms with Crippen LogP contribution in [0, 0.1) is 5.92 Å². The number of nitrogens with one attached hydrogen (secondary N) is 1. The molecule has 1 aromatic carbocycles. The molecule has 1 aliphatic heterocycles. The minimum atomic E-state index is 0.0292. The number of ether oxygens (including phenoxy) is 1. The van der Waals surface area contributed by atoms with E-state index in [1.807, 2.05) is 26.1 Å². The van der Waals surface area contributed by atoms with E-state index in [2.05, 4.69) is 17.4 Å². The lowest BCUT2D eigenvalue weighted by molar-refractivity contribution is -0.134. The van der Waals surface area contributed by atoms with Gasteiger partial charge in [0.1, 0.15) is 0 Å². The fourth-order valence-electron chi connectivity index (χ4n) is 2.38. The summed E-state index contributed by atoms with van der Waals surface area (Å²) in [5.74, 6) is 0.225. The zero-order chi connectivity index (χ0) is 13.7. The van der Waals surface area contributed by atoms with Gasteiger partial charge in [-0.3, -0.25) is 4.79 Å². The number of carbonyl (C=O) groups excluding carboxylic acids is 1. The number of fused-ring (bicyclic) bond motifs is 1. The summed E-state index contributed by atoms with van der Waals surface area (Å²) in [6.07, 6.45) is 0.820. The molecule has 0 radical (unpaired) electrons. The van der Waals surface area contributed by atoms with Crippen LogP contribution in [0.2, 0.25) is 0 Å². The lowest BCUT2D eigenvalue weighted by Crippen LogP contribution is -2.40. The molecule has 1 aliphatic rings. The number of nitrogens with zero attached hydrogens (tertiary/aromatic N) is 1. The van der Waals surface area contributed by atoms with Crippen LogP contribution in [-0.2, 0) is 16.0 Å². The summed E-state index contributed by atoms with van der Waals surface area (Å²) < 4.78 is 5.29. The Labute approximate surface area is 114 Å². The molecular weight excluding hydrogens is 240 g/mol. The van der Waals surface area contributed by atoms with E-state index in [0.29, 0.717) is 19.8 Å². The van der Waals surface area contributed by atoms with E-state index >= 15 is 0 Å². The van der Waals surface area contributed by atoms with Crippen LogP contribution in [0.4, 0.5) is 5.69 Å². The highest BCUT2D eigenvalue weighted by molar-refractivity contribution is 5.80. The number of rotatable bonds is 5. The van der Waals surface area contributed by atoms with Crippen molar-refractivity contribution < 1.29 is 9.53 Å². The molecule has 0 saturated carbocycles. The molecule has 2 rings (SSSR count). The van der Waals surface area contributed by atoms with Crippen LogP contribution in [-0.4, -0.2) is 44.2 Å². The van der Waals surface area contributed by atoms with Gasteiger partial charge in [-0.05, 0) is 25.0 Å². The SMILES string of the molecule is CCOCCN(C)C(=O)C1CNc2ccccc2C1. The van der Waals surface area contributed by atoms with Gasteiger partial charge in [-0.1, -0.05) is 18.2 Å². The predicted molar refractivity (Wildman–Crippen MR) is 76.3 cm³/mol. The quantitative estimate of drug-likeness (QED) is 0.822. The summed E-state index contributed by atoms with van der Waals surface area (Å²) in [6, 6.07) is 8.19. The molecule has 1 heterocycles. The van der Waals surface area contributed by atoms with E-state index in [-0.39, 0.29) is 11.8 Å². The molecule has 0 saturated heterocycles. The second kappa shape index (κ2) is 6.57. The number of para-hydroxylation sites is 1. The van der Waals surface area contributed by atoms with E-state index < -0.39 is 0 Å². The highest BCUT2D eigenvalue weighted by atomic mass is 16.5. The molecule has 0 bridgehead atoms. The number of hydrogen-bond donors (Lipinski definition) is 1. The Hall–Kier alpha value is -1.55. The Balaban J connectivity index is 1.91. The highest BCUT2D eigenvalue weighted by Gasteiger charge is 2.26. The molecule has 0 aromatic heterocycles. The molecule has 4 nitrogen and oxygen atoms in total. The van der Waals surface area contributed by atoms with Gasteiger partial charge in [-0.15, -0.1) is 0 Å². The maximum atomic E-state index is 12.3. The highest BCUT2D eigenvalue weighted by Crippen LogP contribution is 2.25. The van der Waals surface area contributed by atoms with E-state index in [1.165, 1.54) is 5.56 Å². The Morgan fingerprint density at radius 2 is 2.26 bits per heavy atom. The molecule has 0 fully saturated rings. The second-order valence-corrected chi connectivity index (χ2v) is 4.90. The van der Waals surface area contributed by atoms with Crippen LogP contribution in [0.15, 0.2) is 24.3 Å². The molecule has 0 spiro atoms. The molecule has 1 unspecified atom stereocenters. The van der Waals surface area contributed by atoms with Crippen LogP contribution in [0.5, 0.6) is 0 Å². The first-order valence-electron chi connectivity index (χ1n) is 6.87. The van der Waals surface area contributed by atoms with E-state index in [4.69, 9.17) is 4.74 Å². The molecule has 1 aromatic rings. The monoisotopic (exact) mass is 262 g/mol. The number of amides is 1. The third kappa shape index (κ3) is 3.47. The Morgan fingerprint density at radius 3 is 3.05 bits per heavy atom. The topological polar surface area (TPSA) is 41.6 Å². The zero-order valence-electron chi connectivity index (χ0n) is 11.7. The average Bonchev–Trinajstić information content (AvgIpc) is 2.46. The van der Waals surface area contributed by atoms with Gasteiger partial charge < -0.3 is 15.0 Å². The van der Waals surface area contributed by atoms with Crippen molar-refractivity contribution in [1.29, 1.82) is 0 Å². The molecule has 1 atom stereocenters. The van der Waals surface area contributed by atoms with Crippen molar-refractivity contribution in [2.45, 2.75) is 13.3 Å². The first kappa shape index (κ1) is 13.9. The fourth-order valence-corrected chi connectivity index (χ4v) is 2.38. The molecule has 1 N–H and O–H groups in total. The van der Waals surface area contributed by atoms with Gasteiger partial charge in [0.05, 0.1) is 12.5 Å². The number of benzene rings is 1. The van der Waals surface area contributed by atoms with Gasteiger partial charge >= 0.3 is 0 Å². The number of hydrogen-bond acceptors (Lipinski definition) is 3. The van der Waals surface area contributed by atoms with Gasteiger partial charge in [0.25, 0.3) is 0 Å². The largest absolute Gasteiger partial charge is 0.384 e. The van der Waals surface area contributed by atoms with E-state index in [9.17, 15) is 4.79 Å². The summed E-state index contributed by atoms with van der Waals surface area (Å²) in [5, 5.41) is 3.34. The van der Waals surface area contributed by atoms with Gasteiger partial charge in [0.15, 0.2) is 0 Å². The van der Waals surface area contributed by atoms with Gasteiger partial charge in [0.2, 0.25) is 5.91 Å². The van der Waals surface area contributed by atoms with Crippen molar-refractivity contribution in [1.82, 2.24) is 4.90 Å². The Bertz CT molecular complexity index is 434. The van der Waals surface area contributed by atoms with Crippen LogP contribution in [0.3, 0.4) is 0 Å². The number of carbonyl (C=O) groups is 1. The predicted octanol–water partition coefficient (Wildman–Crippen LogP) is 1.77. The molecule has 0 aliphatic carbocycles. The molecule has 104 valence electrons. The minimum absolute atomic E-state index is 0.0292. The van der Waals surface area contributed by atoms with Crippen LogP contribution < -0.4 is 5.32 Å². The third-order valence-electron chi connectivity index (χ3n) is 3.52. The molecule has 1 amide bonds. The van der Waals surface area contributed by atoms with Crippen molar-refractivity contribution >= 4 is 11.6 Å². The smallest absolute Gasteiger partial charge is 0.227 e. The Morgan fingerprint density at radius 1 is 1.47 bits per heavy atom. The first-order valence-corrected chi connectivity index (χ1v) is 6.87. The lowest BCUT2D eigenvalue weighted by atomic mass is 9.93. The van der Waals surface area contributed by atoms with Crippen molar-refractivity contribution in [2.24, 2.45) is 5.92 Å². The summed E-state index contributed by atoms with van der Waals surface area (Å²) in [4.78, 5) is 14.1. The van der Waals surface area contributed by atoms with Crippen LogP contribution in [0.1, 0.15) is 12.5 Å². The fraction of sp³-hybridized carbons (Fsp3) is 0.533. The molecule has 4 heteroatoms. The molecular formula is C15H22N2O2. The van der Waals surface area contributed by atoms with E-state index in [1.54, 1.807) is 4.90 Å². The van der Waals surface area contributed by atoms with Crippen molar-refractivity contribution in [3.05, 3.63) is 29.8 Å². The third-order valence-corrected chi connectivity index (χ3v) is 3.52. The first-order chi connectivity index (χ1) is 9.22. The molecule has 19 heavy (non-hydrogen) atoms. The van der Waals surface area contributed by atoms with Crippen molar-refractivity contribution in [2.75, 3.05) is 38.7 Å². The normalized spacial score (nSPS) is 17.5. The summed E-state index contributed by atoms with van der Waals surface area (Å²) >= 11 is 0. The maximum absolute atomic E-state index is 12.3. The van der Waals surface area contributed by atoms with Crippen LogP contribution in [0.25, 0.3) is 0 Å².